The molecule has 0 spiro atoms. The van der Waals surface area contributed by atoms with Crippen molar-refractivity contribution in [1.29, 1.82) is 0 Å². The van der Waals surface area contributed by atoms with E-state index in [9.17, 15) is 34.5 Å². The van der Waals surface area contributed by atoms with E-state index in [0.717, 1.165) is 41.1 Å². The molecule has 1 aromatic heterocycles. The van der Waals surface area contributed by atoms with Crippen LogP contribution in [0, 0.1) is 10.1 Å². The van der Waals surface area contributed by atoms with Crippen LogP contribution in [0.3, 0.4) is 0 Å². The molecule has 30 heavy (non-hydrogen) atoms. The molecule has 1 saturated heterocycles. The number of phosphoric acid groups is 1. The molecule has 1 aliphatic rings. The fourth-order valence-electron chi connectivity index (χ4n) is 3.19. The Morgan fingerprint density at radius 3 is 2.40 bits per heavy atom. The van der Waals surface area contributed by atoms with Crippen LogP contribution in [0.1, 0.15) is 5.56 Å². The van der Waals surface area contributed by atoms with Gasteiger partial charge in [-0.05, 0) is 12.1 Å². The third kappa shape index (κ3) is 3.97. The van der Waals surface area contributed by atoms with Crippen LogP contribution < -0.4 is 11.2 Å². The minimum absolute atomic E-state index is 0.0209. The SMILES string of the molecule is O=c1ccn([C@]2(c3ccc([N+](=O)[O-])cc3)O[C@H](COP(=O)(O)O)[C@@H](O)[C@H]2O)c(=O)[nH]1. The minimum Gasteiger partial charge on any atom is -0.387 e. The molecule has 4 atom stereocenters. The van der Waals surface area contributed by atoms with Crippen LogP contribution in [-0.4, -0.2) is 59.4 Å². The number of nitrogens with one attached hydrogen (secondary N) is 1. The van der Waals surface area contributed by atoms with Crippen molar-refractivity contribution in [3.8, 4) is 0 Å². The number of nitro groups is 1. The lowest BCUT2D eigenvalue weighted by atomic mass is 9.94. The molecule has 14 nitrogen and oxygen atoms in total. The topological polar surface area (TPSA) is 214 Å². The van der Waals surface area contributed by atoms with Gasteiger partial charge in [0.05, 0.1) is 11.5 Å². The summed E-state index contributed by atoms with van der Waals surface area (Å²) >= 11 is 0. The Labute approximate surface area is 166 Å². The lowest BCUT2D eigenvalue weighted by Gasteiger charge is -2.34. The first-order chi connectivity index (χ1) is 14.0. The molecule has 0 bridgehead atoms. The zero-order valence-electron chi connectivity index (χ0n) is 14.9. The number of aromatic nitrogens is 2. The minimum atomic E-state index is -4.95. The first kappa shape index (κ1) is 22.0. The number of aromatic amines is 1. The summed E-state index contributed by atoms with van der Waals surface area (Å²) in [5.74, 6) is 0. The highest BCUT2D eigenvalue weighted by molar-refractivity contribution is 7.46. The van der Waals surface area contributed by atoms with Crippen LogP contribution >= 0.6 is 7.82 Å². The van der Waals surface area contributed by atoms with Crippen molar-refractivity contribution in [3.05, 3.63) is 73.0 Å². The molecule has 15 heteroatoms. The van der Waals surface area contributed by atoms with Crippen LogP contribution in [0.15, 0.2) is 46.1 Å². The summed E-state index contributed by atoms with van der Waals surface area (Å²) < 4.78 is 21.7. The number of benzene rings is 1. The van der Waals surface area contributed by atoms with E-state index in [1.807, 2.05) is 4.98 Å². The van der Waals surface area contributed by atoms with E-state index in [4.69, 9.17) is 14.5 Å². The third-order valence-electron chi connectivity index (χ3n) is 4.52. The predicted molar refractivity (Wildman–Crippen MR) is 96.4 cm³/mol. The first-order valence-corrected chi connectivity index (χ1v) is 9.80. The number of aliphatic hydroxyl groups is 2. The van der Waals surface area contributed by atoms with Crippen molar-refractivity contribution < 1.29 is 38.7 Å². The maximum atomic E-state index is 12.4. The number of phosphoric ester groups is 1. The second-order valence-electron chi connectivity index (χ2n) is 6.36. The molecular weight excluding hydrogens is 429 g/mol. The Morgan fingerprint density at radius 1 is 1.23 bits per heavy atom. The van der Waals surface area contributed by atoms with Gasteiger partial charge >= 0.3 is 13.5 Å². The number of ether oxygens (including phenoxy) is 1. The van der Waals surface area contributed by atoms with E-state index in [2.05, 4.69) is 4.52 Å². The van der Waals surface area contributed by atoms with Gasteiger partial charge in [-0.2, -0.15) is 0 Å². The van der Waals surface area contributed by atoms with E-state index in [1.54, 1.807) is 0 Å². The number of nitro benzene ring substituents is 1. The summed E-state index contributed by atoms with van der Waals surface area (Å²) in [5, 5.41) is 32.1. The largest absolute Gasteiger partial charge is 0.469 e. The van der Waals surface area contributed by atoms with Crippen molar-refractivity contribution in [2.24, 2.45) is 0 Å². The molecule has 2 aromatic rings. The standard InChI is InChI=1S/C15H16N3O11P/c19-11-5-6-17(14(22)16-11)15(8-1-3-9(4-2-8)18(23)24)13(21)12(20)10(29-15)7-28-30(25,26)27/h1-6,10,12-13,20-21H,7H2,(H,16,19,22)(H2,25,26,27)/t10-,12-,13-,15-/m1/s1. The molecule has 162 valence electrons. The molecule has 0 amide bonds. The highest BCUT2D eigenvalue weighted by Crippen LogP contribution is 2.43. The number of H-pyrrole nitrogens is 1. The molecular formula is C15H16N3O11P. The Balaban J connectivity index is 2.15. The summed E-state index contributed by atoms with van der Waals surface area (Å²) in [6.45, 7) is -0.852. The van der Waals surface area contributed by atoms with Crippen LogP contribution in [0.2, 0.25) is 0 Å². The molecule has 1 aliphatic heterocycles. The molecule has 5 N–H and O–H groups in total. The number of rotatable bonds is 6. The fourth-order valence-corrected chi connectivity index (χ4v) is 3.53. The molecule has 0 radical (unpaired) electrons. The van der Waals surface area contributed by atoms with Gasteiger partial charge in [-0.3, -0.25) is 29.0 Å². The Kier molecular flexibility index (Phi) is 5.75. The highest BCUT2D eigenvalue weighted by atomic mass is 31.2. The zero-order valence-corrected chi connectivity index (χ0v) is 15.8. The number of non-ortho nitro benzene ring substituents is 1. The first-order valence-electron chi connectivity index (χ1n) is 8.27. The number of nitrogens with zero attached hydrogens (tertiary/aromatic N) is 2. The van der Waals surface area contributed by atoms with Crippen molar-refractivity contribution in [2.45, 2.75) is 24.0 Å². The Hall–Kier alpha value is -2.71. The van der Waals surface area contributed by atoms with Crippen LogP contribution in [0.5, 0.6) is 0 Å². The van der Waals surface area contributed by atoms with Gasteiger partial charge in [0, 0.05) is 30.0 Å². The average Bonchev–Trinajstić information content (AvgIpc) is 2.92. The zero-order chi connectivity index (χ0) is 22.3. The maximum Gasteiger partial charge on any atom is 0.469 e. The summed E-state index contributed by atoms with van der Waals surface area (Å²) in [7, 11) is -4.95. The average molecular weight is 445 g/mol. The smallest absolute Gasteiger partial charge is 0.387 e. The van der Waals surface area contributed by atoms with Gasteiger partial charge in [-0.25, -0.2) is 9.36 Å². The van der Waals surface area contributed by atoms with Gasteiger partial charge in [0.15, 0.2) is 0 Å². The van der Waals surface area contributed by atoms with Crippen molar-refractivity contribution >= 4 is 13.5 Å². The van der Waals surface area contributed by atoms with Crippen LogP contribution in [0.4, 0.5) is 5.69 Å². The van der Waals surface area contributed by atoms with E-state index in [0.29, 0.717) is 0 Å². The molecule has 3 rings (SSSR count). The van der Waals surface area contributed by atoms with Crippen molar-refractivity contribution in [2.75, 3.05) is 6.61 Å². The fraction of sp³-hybridized carbons (Fsp3) is 0.333. The van der Waals surface area contributed by atoms with Crippen LogP contribution in [0.25, 0.3) is 0 Å². The van der Waals surface area contributed by atoms with E-state index < -0.39 is 54.6 Å². The van der Waals surface area contributed by atoms with Gasteiger partial charge in [-0.15, -0.1) is 0 Å². The van der Waals surface area contributed by atoms with Crippen molar-refractivity contribution in [3.63, 3.8) is 0 Å². The normalized spacial score (nSPS) is 26.6. The predicted octanol–water partition coefficient (Wildman–Crippen LogP) is -1.62. The molecule has 2 heterocycles. The summed E-state index contributed by atoms with van der Waals surface area (Å²) in [6.07, 6.45) is -4.22. The van der Waals surface area contributed by atoms with Crippen LogP contribution in [-0.2, 0) is 19.6 Å². The second kappa shape index (κ2) is 7.85. The lowest BCUT2D eigenvalue weighted by Crippen LogP contribution is -2.52. The maximum absolute atomic E-state index is 12.4. The summed E-state index contributed by atoms with van der Waals surface area (Å²) in [5.41, 5.74) is -4.32. The van der Waals surface area contributed by atoms with Gasteiger partial charge in [0.25, 0.3) is 11.2 Å². The summed E-state index contributed by atoms with van der Waals surface area (Å²) in [6, 6.07) is 5.40. The Bertz CT molecular complexity index is 1110. The number of hydrogen-bond donors (Lipinski definition) is 5. The van der Waals surface area contributed by atoms with Gasteiger partial charge in [-0.1, -0.05) is 0 Å². The number of aliphatic hydroxyl groups excluding tert-OH is 2. The molecule has 0 unspecified atom stereocenters. The molecule has 0 aliphatic carbocycles. The summed E-state index contributed by atoms with van der Waals surface area (Å²) in [4.78, 5) is 53.8. The van der Waals surface area contributed by atoms with Gasteiger partial charge in [0.1, 0.15) is 18.3 Å². The highest BCUT2D eigenvalue weighted by Gasteiger charge is 2.57. The van der Waals surface area contributed by atoms with E-state index >= 15 is 0 Å². The third-order valence-corrected chi connectivity index (χ3v) is 5.00. The molecule has 1 aromatic carbocycles. The quantitative estimate of drug-likeness (QED) is 0.193. The van der Waals surface area contributed by atoms with Gasteiger partial charge in [0.2, 0.25) is 5.72 Å². The Morgan fingerprint density at radius 2 is 1.87 bits per heavy atom. The molecule has 1 fully saturated rings. The monoisotopic (exact) mass is 445 g/mol. The van der Waals surface area contributed by atoms with Crippen molar-refractivity contribution in [1.82, 2.24) is 9.55 Å². The van der Waals surface area contributed by atoms with Gasteiger partial charge < -0.3 is 24.7 Å². The lowest BCUT2D eigenvalue weighted by molar-refractivity contribution is -0.384. The second-order valence-corrected chi connectivity index (χ2v) is 7.60. The number of hydrogen-bond acceptors (Lipinski definition) is 9. The van der Waals surface area contributed by atoms with E-state index in [-0.39, 0.29) is 11.3 Å². The van der Waals surface area contributed by atoms with E-state index in [1.165, 1.54) is 0 Å². The molecule has 0 saturated carbocycles.